The van der Waals surface area contributed by atoms with Gasteiger partial charge >= 0.3 is 5.97 Å². The second kappa shape index (κ2) is 8.81. The number of carbonyl (C=O) groups is 1. The number of hydrogen-bond donors (Lipinski definition) is 1. The van der Waals surface area contributed by atoms with Gasteiger partial charge in [-0.25, -0.2) is 0 Å². The van der Waals surface area contributed by atoms with Gasteiger partial charge in [0.05, 0.1) is 12.9 Å². The standard InChI is InChI=1S/C13H25NO2S/c1-3-14-12(9-17-10-13(15)16-2)11-7-5-4-6-8-11/h11-12,14H,3-10H2,1-2H3. The second-order valence-corrected chi connectivity index (χ2v) is 5.68. The van der Waals surface area contributed by atoms with Crippen LogP contribution in [0.5, 0.6) is 0 Å². The maximum Gasteiger partial charge on any atom is 0.315 e. The number of carbonyl (C=O) groups excluding carboxylic acids is 1. The van der Waals surface area contributed by atoms with E-state index < -0.39 is 0 Å². The van der Waals surface area contributed by atoms with E-state index in [-0.39, 0.29) is 5.97 Å². The fraction of sp³-hybridized carbons (Fsp3) is 0.923. The molecule has 1 fully saturated rings. The summed E-state index contributed by atoms with van der Waals surface area (Å²) in [6.07, 6.45) is 6.82. The fourth-order valence-corrected chi connectivity index (χ4v) is 3.53. The van der Waals surface area contributed by atoms with Crippen molar-refractivity contribution in [2.24, 2.45) is 5.92 Å². The van der Waals surface area contributed by atoms with Crippen LogP contribution in [0.15, 0.2) is 0 Å². The Balaban J connectivity index is 2.28. The summed E-state index contributed by atoms with van der Waals surface area (Å²) in [5, 5.41) is 3.57. The van der Waals surface area contributed by atoms with E-state index in [4.69, 9.17) is 0 Å². The minimum Gasteiger partial charge on any atom is -0.468 e. The Kier molecular flexibility index (Phi) is 7.69. The number of esters is 1. The Labute approximate surface area is 109 Å². The summed E-state index contributed by atoms with van der Waals surface area (Å²) in [5.41, 5.74) is 0. The van der Waals surface area contributed by atoms with Crippen molar-refractivity contribution in [2.45, 2.75) is 45.1 Å². The quantitative estimate of drug-likeness (QED) is 0.713. The SMILES string of the molecule is CCNC(CSCC(=O)OC)C1CCCCC1. The smallest absolute Gasteiger partial charge is 0.315 e. The van der Waals surface area contributed by atoms with Gasteiger partial charge in [0.1, 0.15) is 0 Å². The molecule has 0 spiro atoms. The van der Waals surface area contributed by atoms with Crippen LogP contribution >= 0.6 is 11.8 Å². The number of ether oxygens (including phenoxy) is 1. The molecule has 17 heavy (non-hydrogen) atoms. The third-order valence-electron chi connectivity index (χ3n) is 3.43. The molecule has 0 aromatic rings. The van der Waals surface area contributed by atoms with E-state index in [0.717, 1.165) is 18.2 Å². The number of methoxy groups -OCH3 is 1. The van der Waals surface area contributed by atoms with Gasteiger partial charge in [-0.3, -0.25) is 4.79 Å². The van der Waals surface area contributed by atoms with E-state index in [9.17, 15) is 4.79 Å². The molecule has 0 amide bonds. The molecule has 4 heteroatoms. The Bertz CT molecular complexity index is 217. The van der Waals surface area contributed by atoms with Crippen molar-refractivity contribution in [3.8, 4) is 0 Å². The van der Waals surface area contributed by atoms with Gasteiger partial charge in [0, 0.05) is 11.8 Å². The number of rotatable bonds is 7. The molecule has 1 aliphatic carbocycles. The molecule has 1 unspecified atom stereocenters. The van der Waals surface area contributed by atoms with Crippen LogP contribution < -0.4 is 5.32 Å². The van der Waals surface area contributed by atoms with Gasteiger partial charge < -0.3 is 10.1 Å². The summed E-state index contributed by atoms with van der Waals surface area (Å²) in [7, 11) is 1.45. The molecule has 0 heterocycles. The molecule has 0 aliphatic heterocycles. The minimum atomic E-state index is -0.117. The highest BCUT2D eigenvalue weighted by Crippen LogP contribution is 2.27. The molecule has 1 rings (SSSR count). The van der Waals surface area contributed by atoms with Crippen LogP contribution in [-0.2, 0) is 9.53 Å². The number of hydrogen-bond acceptors (Lipinski definition) is 4. The van der Waals surface area contributed by atoms with Crippen molar-refractivity contribution in [3.05, 3.63) is 0 Å². The topological polar surface area (TPSA) is 38.3 Å². The number of nitrogens with one attached hydrogen (secondary N) is 1. The second-order valence-electron chi connectivity index (χ2n) is 4.65. The van der Waals surface area contributed by atoms with Gasteiger partial charge in [-0.05, 0) is 25.3 Å². The van der Waals surface area contributed by atoms with Gasteiger partial charge in [0.2, 0.25) is 0 Å². The van der Waals surface area contributed by atoms with E-state index in [2.05, 4.69) is 17.0 Å². The maximum absolute atomic E-state index is 11.1. The summed E-state index contributed by atoms with van der Waals surface area (Å²) < 4.78 is 4.66. The third-order valence-corrected chi connectivity index (χ3v) is 4.46. The summed E-state index contributed by atoms with van der Waals surface area (Å²) in [6, 6.07) is 0.565. The van der Waals surface area contributed by atoms with Gasteiger partial charge in [0.15, 0.2) is 0 Å². The van der Waals surface area contributed by atoms with E-state index in [1.54, 1.807) is 11.8 Å². The molecule has 3 nitrogen and oxygen atoms in total. The zero-order valence-corrected chi connectivity index (χ0v) is 11.9. The van der Waals surface area contributed by atoms with Crippen LogP contribution in [0.1, 0.15) is 39.0 Å². The van der Waals surface area contributed by atoms with Crippen LogP contribution in [0.4, 0.5) is 0 Å². The highest BCUT2D eigenvalue weighted by atomic mass is 32.2. The summed E-state index contributed by atoms with van der Waals surface area (Å²) >= 11 is 1.69. The van der Waals surface area contributed by atoms with Crippen molar-refractivity contribution in [2.75, 3.05) is 25.2 Å². The third kappa shape index (κ3) is 5.77. The van der Waals surface area contributed by atoms with Gasteiger partial charge in [-0.1, -0.05) is 26.2 Å². The minimum absolute atomic E-state index is 0.117. The Morgan fingerprint density at radius 2 is 2.12 bits per heavy atom. The molecule has 0 bridgehead atoms. The molecule has 0 radical (unpaired) electrons. The maximum atomic E-state index is 11.1. The van der Waals surface area contributed by atoms with E-state index in [0.29, 0.717) is 11.8 Å². The van der Waals surface area contributed by atoms with Gasteiger partial charge in [-0.15, -0.1) is 11.8 Å². The van der Waals surface area contributed by atoms with Gasteiger partial charge in [-0.2, -0.15) is 0 Å². The van der Waals surface area contributed by atoms with Crippen molar-refractivity contribution in [1.82, 2.24) is 5.32 Å². The molecular weight excluding hydrogens is 234 g/mol. The summed E-state index contributed by atoms with van der Waals surface area (Å²) in [5.74, 6) is 2.18. The molecule has 0 saturated heterocycles. The molecule has 1 atom stereocenters. The fourth-order valence-electron chi connectivity index (χ4n) is 2.49. The molecule has 1 saturated carbocycles. The number of thioether (sulfide) groups is 1. The molecule has 0 aromatic heterocycles. The first kappa shape index (κ1) is 14.8. The predicted molar refractivity (Wildman–Crippen MR) is 73.4 cm³/mol. The average Bonchev–Trinajstić information content (AvgIpc) is 2.38. The van der Waals surface area contributed by atoms with E-state index >= 15 is 0 Å². The van der Waals surface area contributed by atoms with Crippen LogP contribution in [0.2, 0.25) is 0 Å². The zero-order valence-electron chi connectivity index (χ0n) is 11.0. The van der Waals surface area contributed by atoms with Gasteiger partial charge in [0.25, 0.3) is 0 Å². The van der Waals surface area contributed by atoms with Crippen molar-refractivity contribution in [1.29, 1.82) is 0 Å². The van der Waals surface area contributed by atoms with Crippen LogP contribution in [-0.4, -0.2) is 37.2 Å². The van der Waals surface area contributed by atoms with Crippen LogP contribution in [0.25, 0.3) is 0 Å². The first-order valence-electron chi connectivity index (χ1n) is 6.65. The zero-order chi connectivity index (χ0) is 12.5. The highest BCUT2D eigenvalue weighted by molar-refractivity contribution is 7.99. The normalized spacial score (nSPS) is 18.9. The Morgan fingerprint density at radius 3 is 2.71 bits per heavy atom. The van der Waals surface area contributed by atoms with Crippen molar-refractivity contribution < 1.29 is 9.53 Å². The monoisotopic (exact) mass is 259 g/mol. The average molecular weight is 259 g/mol. The van der Waals surface area contributed by atoms with E-state index in [1.807, 2.05) is 0 Å². The molecule has 1 N–H and O–H groups in total. The first-order chi connectivity index (χ1) is 8.27. The lowest BCUT2D eigenvalue weighted by Gasteiger charge is -2.30. The lowest BCUT2D eigenvalue weighted by atomic mass is 9.84. The Hall–Kier alpha value is -0.220. The van der Waals surface area contributed by atoms with Crippen molar-refractivity contribution >= 4 is 17.7 Å². The lowest BCUT2D eigenvalue weighted by molar-refractivity contribution is -0.137. The molecule has 1 aliphatic rings. The summed E-state index contributed by atoms with van der Waals surface area (Å²) in [6.45, 7) is 3.17. The largest absolute Gasteiger partial charge is 0.468 e. The molecular formula is C13H25NO2S. The molecule has 100 valence electrons. The van der Waals surface area contributed by atoms with Crippen LogP contribution in [0, 0.1) is 5.92 Å². The predicted octanol–water partition coefficient (Wildman–Crippen LogP) is 2.45. The van der Waals surface area contributed by atoms with E-state index in [1.165, 1.54) is 39.2 Å². The molecule has 0 aromatic carbocycles. The summed E-state index contributed by atoms with van der Waals surface area (Å²) in [4.78, 5) is 11.1. The lowest BCUT2D eigenvalue weighted by Crippen LogP contribution is -2.39. The Morgan fingerprint density at radius 1 is 1.41 bits per heavy atom. The van der Waals surface area contributed by atoms with Crippen LogP contribution in [0.3, 0.4) is 0 Å². The first-order valence-corrected chi connectivity index (χ1v) is 7.81. The van der Waals surface area contributed by atoms with Crippen molar-refractivity contribution in [3.63, 3.8) is 0 Å². The highest BCUT2D eigenvalue weighted by Gasteiger charge is 2.22.